The van der Waals surface area contributed by atoms with E-state index in [2.05, 4.69) is 10.9 Å². The quantitative estimate of drug-likeness (QED) is 0.624. The number of benzene rings is 2. The summed E-state index contributed by atoms with van der Waals surface area (Å²) in [6.07, 6.45) is 7.06. The van der Waals surface area contributed by atoms with Crippen LogP contribution in [0.5, 0.6) is 0 Å². The van der Waals surface area contributed by atoms with Crippen LogP contribution < -0.4 is 4.80 Å². The van der Waals surface area contributed by atoms with Crippen LogP contribution in [0, 0.1) is 24.0 Å². The maximum absolute atomic E-state index is 14.1. The molecule has 0 atom stereocenters. The Hall–Kier alpha value is -2.78. The number of hydrogen-bond donors (Lipinski definition) is 0. The van der Waals surface area contributed by atoms with Gasteiger partial charge in [0.2, 0.25) is 5.91 Å². The van der Waals surface area contributed by atoms with E-state index in [-0.39, 0.29) is 29.2 Å². The van der Waals surface area contributed by atoms with E-state index in [0.29, 0.717) is 11.1 Å². The monoisotopic (exact) mass is 370 g/mol. The first-order valence-electron chi connectivity index (χ1n) is 8.12. The first-order chi connectivity index (χ1) is 12.6. The average Bonchev–Trinajstić information content (AvgIpc) is 2.93. The number of fused-ring (bicyclic) bond motifs is 1. The highest BCUT2D eigenvalue weighted by molar-refractivity contribution is 7.16. The molecule has 0 unspecified atom stereocenters. The number of hydrogen-bond acceptors (Lipinski definition) is 2. The van der Waals surface area contributed by atoms with Gasteiger partial charge in [-0.2, -0.15) is 4.99 Å². The molecule has 3 aromatic rings. The molecule has 26 heavy (non-hydrogen) atoms. The molecule has 0 saturated heterocycles. The lowest BCUT2D eigenvalue weighted by molar-refractivity contribution is -0.118. The van der Waals surface area contributed by atoms with E-state index in [1.165, 1.54) is 10.6 Å². The molecule has 0 saturated carbocycles. The van der Waals surface area contributed by atoms with Crippen molar-refractivity contribution in [3.63, 3.8) is 0 Å². The van der Waals surface area contributed by atoms with Crippen LogP contribution in [0.1, 0.15) is 18.4 Å². The zero-order valence-electron chi connectivity index (χ0n) is 13.9. The lowest BCUT2D eigenvalue weighted by Crippen LogP contribution is -2.17. The van der Waals surface area contributed by atoms with Gasteiger partial charge in [0.1, 0.15) is 5.82 Å². The van der Waals surface area contributed by atoms with Crippen molar-refractivity contribution >= 4 is 27.5 Å². The largest absolute Gasteiger partial charge is 0.302 e. The van der Waals surface area contributed by atoms with Gasteiger partial charge in [-0.1, -0.05) is 47.6 Å². The summed E-state index contributed by atoms with van der Waals surface area (Å²) in [6, 6.07) is 11.9. The zero-order valence-corrected chi connectivity index (χ0v) is 14.7. The highest BCUT2D eigenvalue weighted by atomic mass is 32.1. The molecule has 0 aliphatic heterocycles. The number of terminal acetylenes is 1. The number of aromatic nitrogens is 1. The first kappa shape index (κ1) is 18.0. The number of carbonyl (C=O) groups is 1. The van der Waals surface area contributed by atoms with Crippen LogP contribution in [0.25, 0.3) is 10.2 Å². The highest BCUT2D eigenvalue weighted by Gasteiger charge is 2.13. The summed E-state index contributed by atoms with van der Waals surface area (Å²) in [5, 5.41) is 0. The predicted octanol–water partition coefficient (Wildman–Crippen LogP) is 4.06. The van der Waals surface area contributed by atoms with Crippen LogP contribution in [0.2, 0.25) is 0 Å². The Bertz CT molecular complexity index is 1050. The maximum atomic E-state index is 14.1. The number of amides is 1. The van der Waals surface area contributed by atoms with Gasteiger partial charge < -0.3 is 4.57 Å². The van der Waals surface area contributed by atoms with E-state index in [0.717, 1.165) is 29.4 Å². The molecule has 0 aliphatic rings. The summed E-state index contributed by atoms with van der Waals surface area (Å²) in [5.41, 5.74) is 1.33. The molecule has 0 bridgehead atoms. The maximum Gasteiger partial charge on any atom is 0.248 e. The van der Waals surface area contributed by atoms with Gasteiger partial charge in [0, 0.05) is 12.5 Å². The van der Waals surface area contributed by atoms with Gasteiger partial charge in [-0.3, -0.25) is 4.79 Å². The van der Waals surface area contributed by atoms with Crippen molar-refractivity contribution in [2.75, 3.05) is 0 Å². The molecule has 6 heteroatoms. The van der Waals surface area contributed by atoms with Crippen molar-refractivity contribution in [2.45, 2.75) is 25.8 Å². The summed E-state index contributed by atoms with van der Waals surface area (Å²) >= 11 is 1.05. The topological polar surface area (TPSA) is 34.4 Å². The minimum absolute atomic E-state index is 0.0542. The van der Waals surface area contributed by atoms with Crippen molar-refractivity contribution in [1.29, 1.82) is 0 Å². The number of thiazole rings is 1. The Kier molecular flexibility index (Phi) is 5.59. The molecule has 2 aromatic carbocycles. The van der Waals surface area contributed by atoms with Crippen LogP contribution in [0.15, 0.2) is 47.5 Å². The number of halogens is 2. The third-order valence-corrected chi connectivity index (χ3v) is 4.89. The fraction of sp³-hybridized carbons (Fsp3) is 0.200. The number of carbonyl (C=O) groups excluding carboxylic acids is 1. The summed E-state index contributed by atoms with van der Waals surface area (Å²) in [6.45, 7) is 0.0542. The predicted molar refractivity (Wildman–Crippen MR) is 98.5 cm³/mol. The van der Waals surface area contributed by atoms with E-state index < -0.39 is 11.6 Å². The fourth-order valence-electron chi connectivity index (χ4n) is 2.70. The normalized spacial score (nSPS) is 11.7. The first-order valence-corrected chi connectivity index (χ1v) is 8.93. The number of rotatable bonds is 5. The van der Waals surface area contributed by atoms with Crippen molar-refractivity contribution in [3.8, 4) is 12.3 Å². The molecule has 0 spiro atoms. The lowest BCUT2D eigenvalue weighted by Gasteiger charge is -2.01. The standard InChI is InChI=1S/C20H16F2N2OS/c1-2-11-24-19-16(22)12-15(21)13-17(19)26-20(24)23-18(25)10-6-9-14-7-4-3-5-8-14/h1,3-5,7-8,12-13H,6,9-11H2. The van der Waals surface area contributed by atoms with Gasteiger partial charge in [0.05, 0.1) is 16.8 Å². The molecule has 0 fully saturated rings. The van der Waals surface area contributed by atoms with E-state index in [4.69, 9.17) is 6.42 Å². The molecule has 1 aromatic heterocycles. The van der Waals surface area contributed by atoms with Crippen molar-refractivity contribution < 1.29 is 13.6 Å². The molecule has 1 heterocycles. The Labute approximate surface area is 153 Å². The van der Waals surface area contributed by atoms with Gasteiger partial charge in [-0.05, 0) is 24.5 Å². The third-order valence-electron chi connectivity index (χ3n) is 3.86. The molecule has 0 radical (unpaired) electrons. The third kappa shape index (κ3) is 4.06. The van der Waals surface area contributed by atoms with Gasteiger partial charge in [0.25, 0.3) is 0 Å². The summed E-state index contributed by atoms with van der Waals surface area (Å²) < 4.78 is 29.4. The highest BCUT2D eigenvalue weighted by Crippen LogP contribution is 2.22. The van der Waals surface area contributed by atoms with Crippen LogP contribution in [0.4, 0.5) is 8.78 Å². The molecular weight excluding hydrogens is 354 g/mol. The molecule has 3 nitrogen and oxygen atoms in total. The molecule has 3 rings (SSSR count). The summed E-state index contributed by atoms with van der Waals surface area (Å²) in [5.74, 6) is 0.720. The van der Waals surface area contributed by atoms with Crippen molar-refractivity contribution in [1.82, 2.24) is 4.57 Å². The van der Waals surface area contributed by atoms with Gasteiger partial charge in [-0.15, -0.1) is 6.42 Å². The average molecular weight is 370 g/mol. The van der Waals surface area contributed by atoms with E-state index in [1.54, 1.807) is 0 Å². The smallest absolute Gasteiger partial charge is 0.248 e. The van der Waals surface area contributed by atoms with Crippen molar-refractivity contribution in [3.05, 3.63) is 64.5 Å². The second-order valence-corrected chi connectivity index (χ2v) is 6.76. The van der Waals surface area contributed by atoms with Crippen LogP contribution in [-0.4, -0.2) is 10.5 Å². The summed E-state index contributed by atoms with van der Waals surface area (Å²) in [4.78, 5) is 16.6. The molecule has 1 amide bonds. The van der Waals surface area contributed by atoms with Gasteiger partial charge in [-0.25, -0.2) is 8.78 Å². The zero-order chi connectivity index (χ0) is 18.5. The number of nitrogens with zero attached hydrogens (tertiary/aromatic N) is 2. The minimum Gasteiger partial charge on any atom is -0.302 e. The number of aryl methyl sites for hydroxylation is 1. The SMILES string of the molecule is C#CCn1c(=NC(=O)CCCc2ccccc2)sc2cc(F)cc(F)c21. The Morgan fingerprint density at radius 1 is 1.23 bits per heavy atom. The second kappa shape index (κ2) is 8.07. The molecule has 0 aliphatic carbocycles. The lowest BCUT2D eigenvalue weighted by atomic mass is 10.1. The molecule has 132 valence electrons. The second-order valence-electron chi connectivity index (χ2n) is 5.75. The van der Waals surface area contributed by atoms with Crippen LogP contribution in [-0.2, 0) is 17.8 Å². The molecule has 0 N–H and O–H groups in total. The summed E-state index contributed by atoms with van der Waals surface area (Å²) in [7, 11) is 0. The Morgan fingerprint density at radius 2 is 2.00 bits per heavy atom. The molecular formula is C20H16F2N2OS. The fourth-order valence-corrected chi connectivity index (χ4v) is 3.79. The van der Waals surface area contributed by atoms with E-state index >= 15 is 0 Å². The van der Waals surface area contributed by atoms with Crippen LogP contribution >= 0.6 is 11.3 Å². The van der Waals surface area contributed by atoms with Crippen LogP contribution in [0.3, 0.4) is 0 Å². The van der Waals surface area contributed by atoms with Gasteiger partial charge >= 0.3 is 0 Å². The van der Waals surface area contributed by atoms with Crippen molar-refractivity contribution in [2.24, 2.45) is 4.99 Å². The van der Waals surface area contributed by atoms with Gasteiger partial charge in [0.15, 0.2) is 10.6 Å². The van der Waals surface area contributed by atoms with E-state index in [1.807, 2.05) is 30.3 Å². The minimum atomic E-state index is -0.718. The Morgan fingerprint density at radius 3 is 2.73 bits per heavy atom. The Balaban J connectivity index is 1.84. The van der Waals surface area contributed by atoms with E-state index in [9.17, 15) is 13.6 Å².